The lowest BCUT2D eigenvalue weighted by Gasteiger charge is -2.09. The first-order chi connectivity index (χ1) is 9.68. The van der Waals surface area contributed by atoms with Crippen molar-refractivity contribution in [3.05, 3.63) is 40.9 Å². The molecule has 2 nitrogen and oxygen atoms in total. The molecule has 2 aliphatic rings. The van der Waals surface area contributed by atoms with Crippen molar-refractivity contribution in [1.29, 1.82) is 0 Å². The summed E-state index contributed by atoms with van der Waals surface area (Å²) in [6.45, 7) is 1.94. The molecule has 0 radical (unpaired) electrons. The van der Waals surface area contributed by atoms with Gasteiger partial charge in [-0.25, -0.2) is 0 Å². The maximum absolute atomic E-state index is 12.5. The Hall–Kier alpha value is -1.28. The zero-order chi connectivity index (χ0) is 14.1. The van der Waals surface area contributed by atoms with E-state index in [0.717, 1.165) is 36.9 Å². The highest BCUT2D eigenvalue weighted by Gasteiger charge is 2.53. The topological polar surface area (TPSA) is 29.1 Å². The van der Waals surface area contributed by atoms with Crippen LogP contribution in [0.4, 0.5) is 5.69 Å². The molecule has 0 bridgehead atoms. The summed E-state index contributed by atoms with van der Waals surface area (Å²) >= 11 is 6.10. The average Bonchev–Trinajstić information content (AvgIpc) is 3.06. The smallest absolute Gasteiger partial charge is 0.228 e. The molecule has 0 heterocycles. The van der Waals surface area contributed by atoms with E-state index in [1.807, 2.05) is 25.1 Å². The average molecular weight is 290 g/mol. The Morgan fingerprint density at radius 2 is 1.85 bits per heavy atom. The highest BCUT2D eigenvalue weighted by atomic mass is 35.5. The number of fused-ring (bicyclic) bond motifs is 1. The Kier molecular flexibility index (Phi) is 3.84. The lowest BCUT2D eigenvalue weighted by Crippen LogP contribution is -2.16. The van der Waals surface area contributed by atoms with Gasteiger partial charge in [-0.2, -0.15) is 0 Å². The first kappa shape index (κ1) is 13.7. The SMILES string of the molecule is Cc1c(Cl)cccc1NC(=O)C1[C@H]2CC/C=C\CC[C@@H]12. The van der Waals surface area contributed by atoms with Gasteiger partial charge in [0, 0.05) is 16.6 Å². The van der Waals surface area contributed by atoms with Gasteiger partial charge in [0.2, 0.25) is 5.91 Å². The van der Waals surface area contributed by atoms with Gasteiger partial charge in [-0.15, -0.1) is 0 Å². The lowest BCUT2D eigenvalue weighted by atomic mass is 10.1. The van der Waals surface area contributed by atoms with E-state index in [4.69, 9.17) is 11.6 Å². The second-order valence-electron chi connectivity index (χ2n) is 5.88. The largest absolute Gasteiger partial charge is 0.326 e. The summed E-state index contributed by atoms with van der Waals surface area (Å²) in [5.74, 6) is 1.54. The summed E-state index contributed by atoms with van der Waals surface area (Å²) in [4.78, 5) is 12.5. The summed E-state index contributed by atoms with van der Waals surface area (Å²) in [5.41, 5.74) is 1.79. The molecule has 0 aromatic heterocycles. The van der Waals surface area contributed by atoms with Gasteiger partial charge in [-0.3, -0.25) is 4.79 Å². The molecule has 0 aliphatic heterocycles. The van der Waals surface area contributed by atoms with E-state index in [1.165, 1.54) is 0 Å². The number of carbonyl (C=O) groups excluding carboxylic acids is 1. The molecule has 2 aliphatic carbocycles. The van der Waals surface area contributed by atoms with Crippen LogP contribution < -0.4 is 5.32 Å². The van der Waals surface area contributed by atoms with Gasteiger partial charge in [-0.1, -0.05) is 29.8 Å². The first-order valence-corrected chi connectivity index (χ1v) is 7.77. The van der Waals surface area contributed by atoms with Gasteiger partial charge >= 0.3 is 0 Å². The van der Waals surface area contributed by atoms with Gasteiger partial charge in [0.25, 0.3) is 0 Å². The molecule has 0 spiro atoms. The fourth-order valence-corrected chi connectivity index (χ4v) is 3.57. The molecule has 1 aromatic rings. The van der Waals surface area contributed by atoms with Crippen molar-refractivity contribution < 1.29 is 4.79 Å². The third kappa shape index (κ3) is 2.62. The van der Waals surface area contributed by atoms with Gasteiger partial charge < -0.3 is 5.32 Å². The number of carbonyl (C=O) groups is 1. The van der Waals surface area contributed by atoms with Crippen molar-refractivity contribution in [2.45, 2.75) is 32.6 Å². The van der Waals surface area contributed by atoms with Crippen LogP contribution in [0.1, 0.15) is 31.2 Å². The van der Waals surface area contributed by atoms with E-state index < -0.39 is 0 Å². The predicted molar refractivity (Wildman–Crippen MR) is 82.9 cm³/mol. The lowest BCUT2D eigenvalue weighted by molar-refractivity contribution is -0.117. The monoisotopic (exact) mass is 289 g/mol. The number of hydrogen-bond acceptors (Lipinski definition) is 1. The molecule has 3 atom stereocenters. The van der Waals surface area contributed by atoms with Gasteiger partial charge in [0.1, 0.15) is 0 Å². The van der Waals surface area contributed by atoms with Crippen LogP contribution >= 0.6 is 11.6 Å². The third-order valence-corrected chi connectivity index (χ3v) is 5.07. The number of hydrogen-bond donors (Lipinski definition) is 1. The standard InChI is InChI=1S/C17H20ClNO/c1-11-14(18)9-6-10-15(11)19-17(20)16-12-7-4-2-3-5-8-13(12)16/h2-3,6,9-10,12-13,16H,4-5,7-8H2,1H3,(H,19,20)/b3-2-/t12-,13+,16?. The van der Waals surface area contributed by atoms with Crippen LogP contribution in [0.25, 0.3) is 0 Å². The van der Waals surface area contributed by atoms with E-state index >= 15 is 0 Å². The van der Waals surface area contributed by atoms with Crippen LogP contribution in [-0.4, -0.2) is 5.91 Å². The highest BCUT2D eigenvalue weighted by Crippen LogP contribution is 2.53. The van der Waals surface area contributed by atoms with Crippen LogP contribution in [0, 0.1) is 24.7 Å². The fraction of sp³-hybridized carbons (Fsp3) is 0.471. The molecular formula is C17H20ClNO. The number of benzene rings is 1. The molecule has 3 heteroatoms. The third-order valence-electron chi connectivity index (χ3n) is 4.66. The number of halogens is 1. The summed E-state index contributed by atoms with van der Waals surface area (Å²) in [7, 11) is 0. The number of nitrogens with one attached hydrogen (secondary N) is 1. The first-order valence-electron chi connectivity index (χ1n) is 7.39. The molecule has 1 fully saturated rings. The molecule has 1 saturated carbocycles. The van der Waals surface area contributed by atoms with Crippen molar-refractivity contribution >= 4 is 23.2 Å². The number of rotatable bonds is 2. The fourth-order valence-electron chi connectivity index (χ4n) is 3.39. The van der Waals surface area contributed by atoms with Crippen LogP contribution in [-0.2, 0) is 4.79 Å². The van der Waals surface area contributed by atoms with Crippen molar-refractivity contribution in [3.63, 3.8) is 0 Å². The highest BCUT2D eigenvalue weighted by molar-refractivity contribution is 6.31. The maximum Gasteiger partial charge on any atom is 0.228 e. The summed E-state index contributed by atoms with van der Waals surface area (Å²) in [6, 6.07) is 5.65. The summed E-state index contributed by atoms with van der Waals surface area (Å²) < 4.78 is 0. The van der Waals surface area contributed by atoms with Gasteiger partial charge in [0.05, 0.1) is 0 Å². The molecule has 106 valence electrons. The molecule has 20 heavy (non-hydrogen) atoms. The van der Waals surface area contributed by atoms with Crippen molar-refractivity contribution in [3.8, 4) is 0 Å². The zero-order valence-electron chi connectivity index (χ0n) is 11.7. The Balaban J connectivity index is 1.67. The van der Waals surface area contributed by atoms with Crippen LogP contribution in [0.5, 0.6) is 0 Å². The molecule has 1 aromatic carbocycles. The Labute approximate surface area is 125 Å². The predicted octanol–water partition coefficient (Wildman–Crippen LogP) is 4.58. The van der Waals surface area contributed by atoms with E-state index in [2.05, 4.69) is 17.5 Å². The normalized spacial score (nSPS) is 29.8. The van der Waals surface area contributed by atoms with Crippen LogP contribution in [0.2, 0.25) is 5.02 Å². The minimum absolute atomic E-state index is 0.173. The summed E-state index contributed by atoms with van der Waals surface area (Å²) in [5, 5.41) is 3.77. The Bertz CT molecular complexity index is 536. The Morgan fingerprint density at radius 3 is 2.50 bits per heavy atom. The zero-order valence-corrected chi connectivity index (χ0v) is 12.5. The quantitative estimate of drug-likeness (QED) is 0.793. The van der Waals surface area contributed by atoms with Crippen molar-refractivity contribution in [2.24, 2.45) is 17.8 Å². The summed E-state index contributed by atoms with van der Waals surface area (Å²) in [6.07, 6.45) is 9.03. The molecule has 1 N–H and O–H groups in total. The van der Waals surface area contributed by atoms with Gasteiger partial charge in [-0.05, 0) is 62.1 Å². The number of anilines is 1. The second-order valence-corrected chi connectivity index (χ2v) is 6.29. The molecule has 1 amide bonds. The number of allylic oxidation sites excluding steroid dienone is 2. The number of amides is 1. The van der Waals surface area contributed by atoms with E-state index in [0.29, 0.717) is 16.9 Å². The minimum atomic E-state index is 0.173. The Morgan fingerprint density at radius 1 is 1.20 bits per heavy atom. The minimum Gasteiger partial charge on any atom is -0.326 e. The van der Waals surface area contributed by atoms with E-state index in [9.17, 15) is 4.79 Å². The van der Waals surface area contributed by atoms with E-state index in [1.54, 1.807) is 0 Å². The molecule has 0 saturated heterocycles. The molecular weight excluding hydrogens is 270 g/mol. The van der Waals surface area contributed by atoms with Crippen LogP contribution in [0.3, 0.4) is 0 Å². The van der Waals surface area contributed by atoms with Gasteiger partial charge in [0.15, 0.2) is 0 Å². The second kappa shape index (κ2) is 5.61. The molecule has 3 rings (SSSR count). The van der Waals surface area contributed by atoms with Crippen molar-refractivity contribution in [2.75, 3.05) is 5.32 Å². The maximum atomic E-state index is 12.5. The van der Waals surface area contributed by atoms with Crippen molar-refractivity contribution in [1.82, 2.24) is 0 Å². The molecule has 1 unspecified atom stereocenters. The van der Waals surface area contributed by atoms with E-state index in [-0.39, 0.29) is 11.8 Å². The van der Waals surface area contributed by atoms with Crippen LogP contribution in [0.15, 0.2) is 30.4 Å².